The number of carbonyl (C=O) groups is 2. The van der Waals surface area contributed by atoms with Gasteiger partial charge in [-0.2, -0.15) is 0 Å². The van der Waals surface area contributed by atoms with Crippen molar-refractivity contribution in [2.75, 3.05) is 13.1 Å². The van der Waals surface area contributed by atoms with Crippen molar-refractivity contribution in [1.29, 1.82) is 0 Å². The fourth-order valence-electron chi connectivity index (χ4n) is 3.13. The van der Waals surface area contributed by atoms with Crippen LogP contribution in [0.25, 0.3) is 0 Å². The summed E-state index contributed by atoms with van der Waals surface area (Å²) in [6.07, 6.45) is 1.90. The summed E-state index contributed by atoms with van der Waals surface area (Å²) < 4.78 is 13.2. The van der Waals surface area contributed by atoms with Crippen LogP contribution in [0.5, 0.6) is 0 Å². The van der Waals surface area contributed by atoms with Crippen LogP contribution in [0.1, 0.15) is 30.1 Å². The summed E-state index contributed by atoms with van der Waals surface area (Å²) in [6, 6.07) is 3.51. The van der Waals surface area contributed by atoms with Gasteiger partial charge in [-0.1, -0.05) is 11.6 Å². The molecule has 4 nitrogen and oxygen atoms in total. The van der Waals surface area contributed by atoms with Crippen molar-refractivity contribution in [2.24, 2.45) is 0 Å². The number of carbonyl (C=O) groups excluding carboxylic acids is 2. The lowest BCUT2D eigenvalue weighted by atomic mass is 10.1. The van der Waals surface area contributed by atoms with E-state index in [0.29, 0.717) is 12.1 Å². The van der Waals surface area contributed by atoms with Gasteiger partial charge in [-0.15, -0.1) is 0 Å². The maximum atomic E-state index is 13.2. The van der Waals surface area contributed by atoms with Crippen LogP contribution in [0.15, 0.2) is 18.2 Å². The van der Waals surface area contributed by atoms with Crippen molar-refractivity contribution in [3.05, 3.63) is 34.6 Å². The molecule has 0 spiro atoms. The average Bonchev–Trinajstić information content (AvgIpc) is 2.93. The maximum absolute atomic E-state index is 13.2. The lowest BCUT2D eigenvalue weighted by Gasteiger charge is -2.41. The Labute approximate surface area is 127 Å². The minimum atomic E-state index is -0.557. The molecule has 6 heteroatoms. The van der Waals surface area contributed by atoms with Crippen LogP contribution in [-0.4, -0.2) is 46.8 Å². The first kappa shape index (κ1) is 14.3. The van der Waals surface area contributed by atoms with E-state index in [4.69, 9.17) is 11.6 Å². The minimum absolute atomic E-state index is 0.00897. The number of amides is 2. The van der Waals surface area contributed by atoms with Crippen molar-refractivity contribution >= 4 is 23.4 Å². The van der Waals surface area contributed by atoms with Crippen LogP contribution in [0.3, 0.4) is 0 Å². The molecule has 2 aliphatic heterocycles. The second kappa shape index (κ2) is 5.30. The Bertz CT molecular complexity index is 607. The first-order valence-electron chi connectivity index (χ1n) is 7.05. The molecule has 2 heterocycles. The highest BCUT2D eigenvalue weighted by molar-refractivity contribution is 6.31. The van der Waals surface area contributed by atoms with Gasteiger partial charge >= 0.3 is 0 Å². The Balaban J connectivity index is 1.86. The molecule has 0 aliphatic carbocycles. The van der Waals surface area contributed by atoms with E-state index in [0.717, 1.165) is 19.4 Å². The normalized spacial score (nSPS) is 25.2. The van der Waals surface area contributed by atoms with Crippen LogP contribution >= 0.6 is 11.6 Å². The van der Waals surface area contributed by atoms with E-state index >= 15 is 0 Å². The van der Waals surface area contributed by atoms with E-state index in [1.165, 1.54) is 18.2 Å². The SMILES string of the molecule is C[C@@H]1C(=O)N2CCC[C@H]2CN1C(=O)c1ccc(F)c(Cl)c1. The predicted octanol–water partition coefficient (Wildman–Crippen LogP) is 2.31. The Morgan fingerprint density at radius 3 is 2.90 bits per heavy atom. The van der Waals surface area contributed by atoms with Gasteiger partial charge in [-0.25, -0.2) is 4.39 Å². The van der Waals surface area contributed by atoms with Crippen molar-refractivity contribution < 1.29 is 14.0 Å². The zero-order valence-corrected chi connectivity index (χ0v) is 12.4. The quantitative estimate of drug-likeness (QED) is 0.798. The highest BCUT2D eigenvalue weighted by Gasteiger charge is 2.42. The number of fused-ring (bicyclic) bond motifs is 1. The summed E-state index contributed by atoms with van der Waals surface area (Å²) >= 11 is 5.73. The summed E-state index contributed by atoms with van der Waals surface area (Å²) in [4.78, 5) is 28.3. The molecular weight excluding hydrogens is 295 g/mol. The van der Waals surface area contributed by atoms with Gasteiger partial charge in [0.15, 0.2) is 0 Å². The number of hydrogen-bond donors (Lipinski definition) is 0. The molecule has 2 saturated heterocycles. The van der Waals surface area contributed by atoms with Gasteiger partial charge in [0.05, 0.1) is 5.02 Å². The third kappa shape index (κ3) is 2.39. The summed E-state index contributed by atoms with van der Waals surface area (Å²) in [5, 5.41) is -0.0840. The first-order chi connectivity index (χ1) is 9.99. The van der Waals surface area contributed by atoms with Crippen LogP contribution in [-0.2, 0) is 4.79 Å². The third-order valence-corrected chi connectivity index (χ3v) is 4.61. The molecule has 1 aromatic carbocycles. The van der Waals surface area contributed by atoms with Gasteiger partial charge in [-0.3, -0.25) is 9.59 Å². The van der Waals surface area contributed by atoms with Gasteiger partial charge in [-0.05, 0) is 38.0 Å². The first-order valence-corrected chi connectivity index (χ1v) is 7.43. The fraction of sp³-hybridized carbons (Fsp3) is 0.467. The molecule has 1 aromatic rings. The predicted molar refractivity (Wildman–Crippen MR) is 76.6 cm³/mol. The monoisotopic (exact) mass is 310 g/mol. The summed E-state index contributed by atoms with van der Waals surface area (Å²) in [7, 11) is 0. The summed E-state index contributed by atoms with van der Waals surface area (Å²) in [5.74, 6) is -0.840. The number of nitrogens with zero attached hydrogens (tertiary/aromatic N) is 2. The Hall–Kier alpha value is -1.62. The lowest BCUT2D eigenvalue weighted by Crippen LogP contribution is -2.60. The summed E-state index contributed by atoms with van der Waals surface area (Å²) in [6.45, 7) is 3.04. The zero-order valence-electron chi connectivity index (χ0n) is 11.7. The van der Waals surface area contributed by atoms with E-state index in [-0.39, 0.29) is 22.9 Å². The van der Waals surface area contributed by atoms with Crippen LogP contribution in [0.2, 0.25) is 5.02 Å². The Morgan fingerprint density at radius 2 is 2.19 bits per heavy atom. The Morgan fingerprint density at radius 1 is 1.43 bits per heavy atom. The second-order valence-corrected chi connectivity index (χ2v) is 6.00. The van der Waals surface area contributed by atoms with E-state index in [1.54, 1.807) is 11.8 Å². The van der Waals surface area contributed by atoms with Gasteiger partial charge < -0.3 is 9.80 Å². The molecule has 2 aliphatic rings. The number of benzene rings is 1. The Kier molecular flexibility index (Phi) is 3.61. The second-order valence-electron chi connectivity index (χ2n) is 5.59. The largest absolute Gasteiger partial charge is 0.336 e. The van der Waals surface area contributed by atoms with Gasteiger partial charge in [0.2, 0.25) is 5.91 Å². The van der Waals surface area contributed by atoms with Crippen molar-refractivity contribution in [3.8, 4) is 0 Å². The average molecular weight is 311 g/mol. The molecule has 112 valence electrons. The third-order valence-electron chi connectivity index (χ3n) is 4.32. The molecule has 2 atom stereocenters. The van der Waals surface area contributed by atoms with Crippen molar-refractivity contribution in [3.63, 3.8) is 0 Å². The van der Waals surface area contributed by atoms with Gasteiger partial charge in [0, 0.05) is 24.7 Å². The molecule has 0 bridgehead atoms. The molecular formula is C15H16ClFN2O2. The van der Waals surface area contributed by atoms with Gasteiger partial charge in [0.25, 0.3) is 5.91 Å². The standard InChI is InChI=1S/C15H16ClFN2O2/c1-9-14(20)18-6-2-3-11(18)8-19(9)15(21)10-4-5-13(17)12(16)7-10/h4-5,7,9,11H,2-3,6,8H2,1H3/t9-,11+/m1/s1. The number of halogens is 2. The van der Waals surface area contributed by atoms with E-state index in [9.17, 15) is 14.0 Å². The number of piperazine rings is 1. The van der Waals surface area contributed by atoms with Gasteiger partial charge in [0.1, 0.15) is 11.9 Å². The van der Waals surface area contributed by atoms with Crippen molar-refractivity contribution in [1.82, 2.24) is 9.80 Å². The lowest BCUT2D eigenvalue weighted by molar-refractivity contribution is -0.141. The van der Waals surface area contributed by atoms with E-state index in [1.807, 2.05) is 4.90 Å². The van der Waals surface area contributed by atoms with Crippen LogP contribution < -0.4 is 0 Å². The molecule has 0 saturated carbocycles. The van der Waals surface area contributed by atoms with Crippen molar-refractivity contribution in [2.45, 2.75) is 31.8 Å². The van der Waals surface area contributed by atoms with Crippen LogP contribution in [0.4, 0.5) is 4.39 Å². The zero-order chi connectivity index (χ0) is 15.1. The molecule has 2 amide bonds. The molecule has 0 aromatic heterocycles. The highest BCUT2D eigenvalue weighted by Crippen LogP contribution is 2.27. The van der Waals surface area contributed by atoms with E-state index < -0.39 is 11.9 Å². The molecule has 0 radical (unpaired) electrons. The fourth-order valence-corrected chi connectivity index (χ4v) is 3.31. The molecule has 0 N–H and O–H groups in total. The molecule has 0 unspecified atom stereocenters. The molecule has 21 heavy (non-hydrogen) atoms. The topological polar surface area (TPSA) is 40.6 Å². The maximum Gasteiger partial charge on any atom is 0.254 e. The highest BCUT2D eigenvalue weighted by atomic mass is 35.5. The van der Waals surface area contributed by atoms with Crippen LogP contribution in [0, 0.1) is 5.82 Å². The molecule has 3 rings (SSSR count). The van der Waals surface area contributed by atoms with E-state index in [2.05, 4.69) is 0 Å². The molecule has 2 fully saturated rings. The minimum Gasteiger partial charge on any atom is -0.336 e. The number of rotatable bonds is 1. The number of hydrogen-bond acceptors (Lipinski definition) is 2. The smallest absolute Gasteiger partial charge is 0.254 e. The summed E-state index contributed by atoms with van der Waals surface area (Å²) in [5.41, 5.74) is 0.312.